The van der Waals surface area contributed by atoms with E-state index in [-0.39, 0.29) is 12.0 Å². The fraction of sp³-hybridized carbons (Fsp3) is 0.250. The molecular formula is C8H6BrF2NO2. The molecule has 0 bridgehead atoms. The maximum absolute atomic E-state index is 12.3. The van der Waals surface area contributed by atoms with Crippen molar-refractivity contribution in [1.82, 2.24) is 4.98 Å². The summed E-state index contributed by atoms with van der Waals surface area (Å²) >= 11 is 3.04. The minimum absolute atomic E-state index is 0.217. The first-order valence-electron chi connectivity index (χ1n) is 3.65. The zero-order valence-electron chi connectivity index (χ0n) is 6.89. The molecule has 0 aromatic carbocycles. The van der Waals surface area contributed by atoms with Gasteiger partial charge in [-0.05, 0) is 0 Å². The molecule has 0 aliphatic rings. The average molecular weight is 266 g/mol. The molecule has 1 rings (SSSR count). The number of alkyl halides is 3. The van der Waals surface area contributed by atoms with E-state index in [0.717, 1.165) is 6.07 Å². The van der Waals surface area contributed by atoms with E-state index < -0.39 is 17.4 Å². The van der Waals surface area contributed by atoms with Crippen molar-refractivity contribution in [1.29, 1.82) is 0 Å². The molecule has 0 atom stereocenters. The molecule has 1 aromatic rings. The lowest BCUT2D eigenvalue weighted by molar-refractivity contribution is 0.110. The van der Waals surface area contributed by atoms with E-state index in [9.17, 15) is 18.4 Å². The normalized spacial score (nSPS) is 10.6. The molecule has 6 heteroatoms. The van der Waals surface area contributed by atoms with Gasteiger partial charge in [0.05, 0.1) is 11.3 Å². The van der Waals surface area contributed by atoms with Crippen molar-refractivity contribution in [2.75, 3.05) is 0 Å². The number of pyridine rings is 1. The lowest BCUT2D eigenvalue weighted by atomic mass is 10.2. The van der Waals surface area contributed by atoms with Crippen LogP contribution in [0.4, 0.5) is 8.78 Å². The van der Waals surface area contributed by atoms with Crippen LogP contribution in [0, 0.1) is 0 Å². The summed E-state index contributed by atoms with van der Waals surface area (Å²) < 4.78 is 24.6. The number of carbonyl (C=O) groups is 1. The second-order valence-corrected chi connectivity index (χ2v) is 3.10. The molecule has 0 fully saturated rings. The summed E-state index contributed by atoms with van der Waals surface area (Å²) in [6.07, 6.45) is -2.72. The second-order valence-electron chi connectivity index (χ2n) is 2.54. The van der Waals surface area contributed by atoms with Gasteiger partial charge in [-0.3, -0.25) is 9.59 Å². The zero-order valence-corrected chi connectivity index (χ0v) is 8.48. The van der Waals surface area contributed by atoms with Gasteiger partial charge in [0.1, 0.15) is 0 Å². The van der Waals surface area contributed by atoms with Crippen LogP contribution in [0.25, 0.3) is 0 Å². The summed E-state index contributed by atoms with van der Waals surface area (Å²) in [5.41, 5.74) is -1.57. The van der Waals surface area contributed by atoms with Crippen molar-refractivity contribution in [3.05, 3.63) is 33.2 Å². The molecule has 76 valence electrons. The molecule has 14 heavy (non-hydrogen) atoms. The number of rotatable bonds is 3. The minimum atomic E-state index is -2.94. The first-order valence-corrected chi connectivity index (χ1v) is 4.77. The molecule has 0 unspecified atom stereocenters. The highest BCUT2D eigenvalue weighted by molar-refractivity contribution is 9.08. The van der Waals surface area contributed by atoms with E-state index >= 15 is 0 Å². The number of aromatic amines is 1. The van der Waals surface area contributed by atoms with Crippen LogP contribution in [-0.4, -0.2) is 11.3 Å². The molecule has 0 aliphatic carbocycles. The highest BCUT2D eigenvalue weighted by Gasteiger charge is 2.17. The second kappa shape index (κ2) is 4.45. The molecule has 0 spiro atoms. The fourth-order valence-corrected chi connectivity index (χ4v) is 1.34. The first kappa shape index (κ1) is 11.0. The SMILES string of the molecule is O=Cc1[nH]c(CBr)cc(=O)c1C(F)F. The van der Waals surface area contributed by atoms with E-state index in [1.165, 1.54) is 0 Å². The smallest absolute Gasteiger partial charge is 0.269 e. The number of aldehydes is 1. The lowest BCUT2D eigenvalue weighted by Crippen LogP contribution is -2.15. The van der Waals surface area contributed by atoms with E-state index in [4.69, 9.17) is 0 Å². The van der Waals surface area contributed by atoms with Crippen LogP contribution in [0.2, 0.25) is 0 Å². The summed E-state index contributed by atoms with van der Waals surface area (Å²) in [6, 6.07) is 1.04. The summed E-state index contributed by atoms with van der Waals surface area (Å²) in [6.45, 7) is 0. The van der Waals surface area contributed by atoms with Gasteiger partial charge in [0.15, 0.2) is 11.7 Å². The Bertz CT molecular complexity index is 403. The highest BCUT2D eigenvalue weighted by Crippen LogP contribution is 2.17. The molecule has 1 aromatic heterocycles. The maximum Gasteiger partial charge on any atom is 0.269 e. The van der Waals surface area contributed by atoms with Crippen molar-refractivity contribution in [3.63, 3.8) is 0 Å². The standard InChI is InChI=1S/C8H6BrF2NO2/c9-2-4-1-6(14)7(8(10)11)5(3-13)12-4/h1,3,8H,2H2,(H,12,14). The van der Waals surface area contributed by atoms with Gasteiger partial charge in [-0.2, -0.15) is 0 Å². The van der Waals surface area contributed by atoms with E-state index in [1.807, 2.05) is 0 Å². The van der Waals surface area contributed by atoms with Gasteiger partial charge in [0.2, 0.25) is 0 Å². The van der Waals surface area contributed by atoms with Crippen LogP contribution in [0.3, 0.4) is 0 Å². The number of H-pyrrole nitrogens is 1. The Labute approximate surface area is 86.3 Å². The summed E-state index contributed by atoms with van der Waals surface area (Å²) in [4.78, 5) is 24.0. The number of aromatic nitrogens is 1. The molecule has 3 nitrogen and oxygen atoms in total. The maximum atomic E-state index is 12.3. The molecule has 1 heterocycles. The minimum Gasteiger partial charge on any atom is -0.355 e. The predicted molar refractivity (Wildman–Crippen MR) is 50.0 cm³/mol. The van der Waals surface area contributed by atoms with Crippen molar-refractivity contribution in [2.45, 2.75) is 11.8 Å². The zero-order chi connectivity index (χ0) is 10.7. The summed E-state index contributed by atoms with van der Waals surface area (Å²) in [7, 11) is 0. The van der Waals surface area contributed by atoms with Crippen molar-refractivity contribution < 1.29 is 13.6 Å². The third-order valence-corrected chi connectivity index (χ3v) is 2.24. The molecular weight excluding hydrogens is 260 g/mol. The van der Waals surface area contributed by atoms with Crippen LogP contribution in [0.15, 0.2) is 10.9 Å². The van der Waals surface area contributed by atoms with Crippen molar-refractivity contribution >= 4 is 22.2 Å². The van der Waals surface area contributed by atoms with Crippen molar-refractivity contribution in [2.24, 2.45) is 0 Å². The van der Waals surface area contributed by atoms with Crippen molar-refractivity contribution in [3.8, 4) is 0 Å². The molecule has 0 saturated heterocycles. The highest BCUT2D eigenvalue weighted by atomic mass is 79.9. The van der Waals surface area contributed by atoms with Gasteiger partial charge < -0.3 is 4.98 Å². The Morgan fingerprint density at radius 1 is 1.57 bits per heavy atom. The molecule has 0 saturated carbocycles. The topological polar surface area (TPSA) is 49.9 Å². The third kappa shape index (κ3) is 2.06. The quantitative estimate of drug-likeness (QED) is 0.672. The van der Waals surface area contributed by atoms with Gasteiger partial charge in [-0.25, -0.2) is 8.78 Å². The number of halogens is 3. The molecule has 0 radical (unpaired) electrons. The lowest BCUT2D eigenvalue weighted by Gasteiger charge is -2.04. The van der Waals surface area contributed by atoms with E-state index in [2.05, 4.69) is 20.9 Å². The van der Waals surface area contributed by atoms with Gasteiger partial charge >= 0.3 is 0 Å². The Balaban J connectivity index is 3.42. The van der Waals surface area contributed by atoms with Gasteiger partial charge in [0.25, 0.3) is 6.43 Å². The van der Waals surface area contributed by atoms with E-state index in [1.54, 1.807) is 0 Å². The van der Waals surface area contributed by atoms with Crippen LogP contribution >= 0.6 is 15.9 Å². The number of hydrogen-bond donors (Lipinski definition) is 1. The average Bonchev–Trinajstić information content (AvgIpc) is 2.15. The van der Waals surface area contributed by atoms with Gasteiger partial charge in [0, 0.05) is 17.1 Å². The van der Waals surface area contributed by atoms with Crippen LogP contribution in [0.5, 0.6) is 0 Å². The number of carbonyl (C=O) groups excluding carboxylic acids is 1. The third-order valence-electron chi connectivity index (χ3n) is 1.64. The number of hydrogen-bond acceptors (Lipinski definition) is 2. The molecule has 1 N–H and O–H groups in total. The fourth-order valence-electron chi connectivity index (χ4n) is 1.04. The predicted octanol–water partition coefficient (Wildman–Crippen LogP) is 2.02. The summed E-state index contributed by atoms with van der Waals surface area (Å²) in [5.74, 6) is 0. The van der Waals surface area contributed by atoms with Gasteiger partial charge in [-0.1, -0.05) is 15.9 Å². The van der Waals surface area contributed by atoms with E-state index in [0.29, 0.717) is 11.0 Å². The number of nitrogens with one attached hydrogen (secondary N) is 1. The Morgan fingerprint density at radius 2 is 2.21 bits per heavy atom. The first-order chi connectivity index (χ1) is 6.60. The Morgan fingerprint density at radius 3 is 2.64 bits per heavy atom. The summed E-state index contributed by atoms with van der Waals surface area (Å²) in [5, 5.41) is 0.298. The van der Waals surface area contributed by atoms with Crippen LogP contribution < -0.4 is 5.43 Å². The molecule has 0 amide bonds. The Kier molecular flexibility index (Phi) is 3.51. The van der Waals surface area contributed by atoms with Crippen LogP contribution in [0.1, 0.15) is 28.2 Å². The molecule has 0 aliphatic heterocycles. The Hall–Kier alpha value is -1.04. The largest absolute Gasteiger partial charge is 0.355 e. The van der Waals surface area contributed by atoms with Crippen LogP contribution in [-0.2, 0) is 5.33 Å². The van der Waals surface area contributed by atoms with Gasteiger partial charge in [-0.15, -0.1) is 0 Å². The monoisotopic (exact) mass is 265 g/mol.